The summed E-state index contributed by atoms with van der Waals surface area (Å²) in [5, 5.41) is 14.3. The molecule has 27 heavy (non-hydrogen) atoms. The fraction of sp³-hybridized carbons (Fsp3) is 0.429. The number of nitrogens with one attached hydrogen (secondary N) is 1. The van der Waals surface area contributed by atoms with E-state index in [-0.39, 0.29) is 11.8 Å². The van der Waals surface area contributed by atoms with Gasteiger partial charge < -0.3 is 19.9 Å². The molecule has 1 heterocycles. The summed E-state index contributed by atoms with van der Waals surface area (Å²) in [6, 6.07) is 10.6. The van der Waals surface area contributed by atoms with Gasteiger partial charge in [-0.15, -0.1) is 0 Å². The number of carboxylic acids is 1. The van der Waals surface area contributed by atoms with Crippen molar-refractivity contribution >= 4 is 22.6 Å². The highest BCUT2D eigenvalue weighted by atomic mass is 16.5. The molecule has 0 aromatic heterocycles. The van der Waals surface area contributed by atoms with Gasteiger partial charge >= 0.3 is 5.97 Å². The van der Waals surface area contributed by atoms with Crippen molar-refractivity contribution in [2.24, 2.45) is 5.92 Å². The Kier molecular flexibility index (Phi) is 5.96. The van der Waals surface area contributed by atoms with Gasteiger partial charge in [0.15, 0.2) is 0 Å². The monoisotopic (exact) mass is 371 g/mol. The highest BCUT2D eigenvalue weighted by Gasteiger charge is 2.32. The highest BCUT2D eigenvalue weighted by Crippen LogP contribution is 2.26. The third kappa shape index (κ3) is 4.39. The number of rotatable bonds is 6. The molecule has 3 unspecified atom stereocenters. The van der Waals surface area contributed by atoms with E-state index in [4.69, 9.17) is 9.47 Å². The third-order valence-electron chi connectivity index (χ3n) is 5.20. The van der Waals surface area contributed by atoms with Gasteiger partial charge in [0.05, 0.1) is 19.6 Å². The molecule has 6 nitrogen and oxygen atoms in total. The van der Waals surface area contributed by atoms with E-state index >= 15 is 0 Å². The van der Waals surface area contributed by atoms with Gasteiger partial charge in [0.25, 0.3) is 0 Å². The largest absolute Gasteiger partial charge is 0.497 e. The molecule has 2 aromatic rings. The minimum atomic E-state index is -1.02. The van der Waals surface area contributed by atoms with Gasteiger partial charge in [-0.25, -0.2) is 4.79 Å². The Balaban J connectivity index is 1.75. The molecule has 1 amide bonds. The van der Waals surface area contributed by atoms with Gasteiger partial charge in [-0.1, -0.05) is 24.3 Å². The number of carboxylic acid groups (broad SMARTS) is 1. The molecule has 0 radical (unpaired) electrons. The predicted octanol–water partition coefficient (Wildman–Crippen LogP) is 2.95. The van der Waals surface area contributed by atoms with Crippen LogP contribution in [0.3, 0.4) is 0 Å². The van der Waals surface area contributed by atoms with Gasteiger partial charge in [0.1, 0.15) is 11.8 Å². The average molecular weight is 371 g/mol. The normalized spacial score (nSPS) is 19.3. The number of hydrogen-bond donors (Lipinski definition) is 2. The quantitative estimate of drug-likeness (QED) is 0.815. The first kappa shape index (κ1) is 19.2. The van der Waals surface area contributed by atoms with Gasteiger partial charge in [0, 0.05) is 12.5 Å². The highest BCUT2D eigenvalue weighted by molar-refractivity contribution is 5.90. The van der Waals surface area contributed by atoms with E-state index in [0.717, 1.165) is 34.9 Å². The number of aliphatic carboxylic acids is 1. The van der Waals surface area contributed by atoms with Crippen molar-refractivity contribution in [3.8, 4) is 5.75 Å². The molecule has 144 valence electrons. The Hall–Kier alpha value is -2.60. The zero-order valence-corrected chi connectivity index (χ0v) is 15.6. The molecule has 0 bridgehead atoms. The molecule has 2 aromatic carbocycles. The van der Waals surface area contributed by atoms with Crippen LogP contribution in [0, 0.1) is 5.92 Å². The van der Waals surface area contributed by atoms with Crippen LogP contribution < -0.4 is 10.1 Å². The van der Waals surface area contributed by atoms with Crippen LogP contribution in [0.4, 0.5) is 0 Å². The molecular weight excluding hydrogens is 346 g/mol. The number of benzene rings is 2. The van der Waals surface area contributed by atoms with Crippen LogP contribution in [0.2, 0.25) is 0 Å². The van der Waals surface area contributed by atoms with E-state index in [1.54, 1.807) is 14.0 Å². The fourth-order valence-electron chi connectivity index (χ4n) is 3.48. The molecule has 3 rings (SSSR count). The Morgan fingerprint density at radius 2 is 1.96 bits per heavy atom. The van der Waals surface area contributed by atoms with Crippen molar-refractivity contribution in [1.29, 1.82) is 0 Å². The second-order valence-electron chi connectivity index (χ2n) is 7.00. The summed E-state index contributed by atoms with van der Waals surface area (Å²) >= 11 is 0. The van der Waals surface area contributed by atoms with Crippen LogP contribution in [0.15, 0.2) is 36.4 Å². The fourth-order valence-corrected chi connectivity index (χ4v) is 3.48. The van der Waals surface area contributed by atoms with Gasteiger partial charge in [-0.2, -0.15) is 0 Å². The molecular formula is C21H25NO5. The van der Waals surface area contributed by atoms with Gasteiger partial charge in [-0.3, -0.25) is 4.79 Å². The third-order valence-corrected chi connectivity index (χ3v) is 5.20. The van der Waals surface area contributed by atoms with Crippen LogP contribution >= 0.6 is 0 Å². The maximum Gasteiger partial charge on any atom is 0.326 e. The minimum absolute atomic E-state index is 0.198. The summed E-state index contributed by atoms with van der Waals surface area (Å²) in [6.45, 7) is 2.80. The van der Waals surface area contributed by atoms with Gasteiger partial charge in [-0.05, 0) is 48.2 Å². The van der Waals surface area contributed by atoms with Crippen molar-refractivity contribution in [3.63, 3.8) is 0 Å². The van der Waals surface area contributed by atoms with E-state index in [0.29, 0.717) is 13.2 Å². The van der Waals surface area contributed by atoms with Gasteiger partial charge in [0.2, 0.25) is 5.91 Å². The molecule has 0 saturated carbocycles. The molecule has 0 aliphatic carbocycles. The number of fused-ring (bicyclic) bond motifs is 1. The summed E-state index contributed by atoms with van der Waals surface area (Å²) in [4.78, 5) is 24.3. The Bertz CT molecular complexity index is 828. The van der Waals surface area contributed by atoms with Crippen LogP contribution in [0.25, 0.3) is 10.8 Å². The van der Waals surface area contributed by atoms with E-state index in [2.05, 4.69) is 5.32 Å². The first-order chi connectivity index (χ1) is 13.0. The van der Waals surface area contributed by atoms with Crippen LogP contribution in [-0.4, -0.2) is 43.3 Å². The van der Waals surface area contributed by atoms with Crippen LogP contribution in [0.5, 0.6) is 5.75 Å². The minimum Gasteiger partial charge on any atom is -0.497 e. The van der Waals surface area contributed by atoms with E-state index in [9.17, 15) is 14.7 Å². The number of carbonyl (C=O) groups excluding carboxylic acids is 1. The lowest BCUT2D eigenvalue weighted by Gasteiger charge is -2.29. The smallest absolute Gasteiger partial charge is 0.326 e. The predicted molar refractivity (Wildman–Crippen MR) is 102 cm³/mol. The lowest BCUT2D eigenvalue weighted by atomic mass is 9.92. The first-order valence-electron chi connectivity index (χ1n) is 9.18. The Labute approximate surface area is 158 Å². The van der Waals surface area contributed by atoms with Crippen molar-refractivity contribution < 1.29 is 24.2 Å². The van der Waals surface area contributed by atoms with Crippen molar-refractivity contribution in [2.75, 3.05) is 20.3 Å². The molecule has 0 spiro atoms. The Morgan fingerprint density at radius 1 is 1.22 bits per heavy atom. The molecule has 3 atom stereocenters. The number of hydrogen-bond acceptors (Lipinski definition) is 4. The molecule has 1 saturated heterocycles. The molecule has 1 aliphatic heterocycles. The van der Waals surface area contributed by atoms with Crippen molar-refractivity contribution in [1.82, 2.24) is 5.32 Å². The van der Waals surface area contributed by atoms with E-state index in [1.165, 1.54) is 0 Å². The number of amides is 1. The summed E-state index contributed by atoms with van der Waals surface area (Å²) in [5.41, 5.74) is 0.842. The number of methoxy groups -OCH3 is 1. The van der Waals surface area contributed by atoms with Crippen molar-refractivity contribution in [2.45, 2.75) is 31.7 Å². The lowest BCUT2D eigenvalue weighted by molar-refractivity contribution is -0.145. The zero-order chi connectivity index (χ0) is 19.4. The molecule has 1 aliphatic rings. The SMILES string of the molecule is COc1ccc2cc(C(C)C(=O)NC(C(=O)O)C3CCCOC3)ccc2c1. The average Bonchev–Trinajstić information content (AvgIpc) is 2.70. The molecule has 1 fully saturated rings. The summed E-state index contributed by atoms with van der Waals surface area (Å²) in [6.07, 6.45) is 1.55. The number of ether oxygens (including phenoxy) is 2. The Morgan fingerprint density at radius 3 is 2.63 bits per heavy atom. The summed E-state index contributed by atoms with van der Waals surface area (Å²) in [7, 11) is 1.62. The standard InChI is InChI=1S/C21H25NO5/c1-13(14-5-6-16-11-18(26-2)8-7-15(16)10-14)20(23)22-19(21(24)25)17-4-3-9-27-12-17/h5-8,10-11,13,17,19H,3-4,9,12H2,1-2H3,(H,22,23)(H,24,25). The second kappa shape index (κ2) is 8.39. The first-order valence-corrected chi connectivity index (χ1v) is 9.18. The van der Waals surface area contributed by atoms with E-state index in [1.807, 2.05) is 36.4 Å². The molecule has 2 N–H and O–H groups in total. The summed E-state index contributed by atoms with van der Waals surface area (Å²) < 4.78 is 10.6. The van der Waals surface area contributed by atoms with Crippen molar-refractivity contribution in [3.05, 3.63) is 42.0 Å². The summed E-state index contributed by atoms with van der Waals surface area (Å²) in [5.74, 6) is -1.18. The number of carbonyl (C=O) groups is 2. The maximum atomic E-state index is 12.7. The zero-order valence-electron chi connectivity index (χ0n) is 15.6. The second-order valence-corrected chi connectivity index (χ2v) is 7.00. The van der Waals surface area contributed by atoms with Crippen LogP contribution in [0.1, 0.15) is 31.2 Å². The maximum absolute atomic E-state index is 12.7. The van der Waals surface area contributed by atoms with E-state index < -0.39 is 17.9 Å². The topological polar surface area (TPSA) is 84.9 Å². The molecule has 6 heteroatoms. The van der Waals surface area contributed by atoms with Crippen LogP contribution in [-0.2, 0) is 14.3 Å². The lowest BCUT2D eigenvalue weighted by Crippen LogP contribution is -2.49.